The Morgan fingerprint density at radius 1 is 1.44 bits per heavy atom. The summed E-state index contributed by atoms with van der Waals surface area (Å²) in [5.41, 5.74) is 10.0. The van der Waals surface area contributed by atoms with Crippen LogP contribution < -0.4 is 21.2 Å². The van der Waals surface area contributed by atoms with Crippen LogP contribution in [0, 0.1) is 12.7 Å². The van der Waals surface area contributed by atoms with Crippen LogP contribution in [0.25, 0.3) is 5.53 Å². The number of aromatic nitrogens is 1. The van der Waals surface area contributed by atoms with Gasteiger partial charge in [0.25, 0.3) is 0 Å². The topological polar surface area (TPSA) is 117 Å². The zero-order valence-corrected chi connectivity index (χ0v) is 17.4. The molecule has 0 aliphatic carbocycles. The number of ether oxygens (including phenoxy) is 1. The van der Waals surface area contributed by atoms with Gasteiger partial charge in [0.1, 0.15) is 29.6 Å². The average Bonchev–Trinajstić information content (AvgIpc) is 3.03. The van der Waals surface area contributed by atoms with E-state index < -0.39 is 5.82 Å². The summed E-state index contributed by atoms with van der Waals surface area (Å²) < 4.78 is 25.3. The van der Waals surface area contributed by atoms with E-state index >= 15 is 0 Å². The fourth-order valence-corrected chi connectivity index (χ4v) is 2.78. The predicted octanol–water partition coefficient (Wildman–Crippen LogP) is 3.07. The third-order valence-electron chi connectivity index (χ3n) is 3.54. The van der Waals surface area contributed by atoms with E-state index in [1.54, 1.807) is 13.0 Å². The number of nitrogens with zero attached hydrogens (tertiary/aromatic N) is 4. The molecule has 0 amide bonds. The second-order valence-corrected chi connectivity index (χ2v) is 5.60. The largest absolute Gasteiger partial charge is 0.541 e. The first kappa shape index (κ1) is 23.2. The van der Waals surface area contributed by atoms with Crippen molar-refractivity contribution >= 4 is 23.1 Å². The van der Waals surface area contributed by atoms with E-state index in [1.165, 1.54) is 6.07 Å². The Morgan fingerprint density at radius 2 is 2.15 bits per heavy atom. The van der Waals surface area contributed by atoms with E-state index in [1.807, 2.05) is 18.7 Å². The second kappa shape index (κ2) is 10.5. The molecule has 0 atom stereocenters. The van der Waals surface area contributed by atoms with Crippen molar-refractivity contribution in [2.75, 3.05) is 18.1 Å². The third-order valence-corrected chi connectivity index (χ3v) is 3.82. The summed E-state index contributed by atoms with van der Waals surface area (Å²) in [6.07, 6.45) is 0. The summed E-state index contributed by atoms with van der Waals surface area (Å²) in [4.78, 5) is 1.86. The number of aryl methyl sites for hydroxylation is 1. The van der Waals surface area contributed by atoms with Crippen molar-refractivity contribution in [3.05, 3.63) is 45.5 Å². The third kappa shape index (κ3) is 5.11. The molecule has 1 aromatic carbocycles. The zero-order valence-electron chi connectivity index (χ0n) is 15.1. The van der Waals surface area contributed by atoms with Crippen LogP contribution in [0.15, 0.2) is 21.8 Å². The van der Waals surface area contributed by atoms with Gasteiger partial charge in [-0.15, -0.1) is 0 Å². The van der Waals surface area contributed by atoms with Gasteiger partial charge in [0.05, 0.1) is 29.4 Å². The molecule has 0 saturated carbocycles. The van der Waals surface area contributed by atoms with Gasteiger partial charge >= 0.3 is 0 Å². The van der Waals surface area contributed by atoms with Crippen LogP contribution in [0.3, 0.4) is 0 Å². The van der Waals surface area contributed by atoms with Crippen LogP contribution >= 0.6 is 11.6 Å². The van der Waals surface area contributed by atoms with Crippen LogP contribution in [-0.4, -0.2) is 24.1 Å². The second-order valence-electron chi connectivity index (χ2n) is 5.19. The number of halogens is 2. The van der Waals surface area contributed by atoms with E-state index in [2.05, 4.69) is 15.8 Å². The van der Waals surface area contributed by atoms with Crippen LogP contribution in [0.1, 0.15) is 30.9 Å². The first-order valence-corrected chi connectivity index (χ1v) is 8.44. The molecule has 0 unspecified atom stereocenters. The first-order valence-electron chi connectivity index (χ1n) is 8.07. The number of benzene rings is 1. The predicted molar refractivity (Wildman–Crippen MR) is 98.8 cm³/mol. The Kier molecular flexibility index (Phi) is 8.99. The molecule has 0 fully saturated rings. The number of amidine groups is 1. The van der Waals surface area contributed by atoms with Gasteiger partial charge in [-0.2, -0.15) is 0 Å². The van der Waals surface area contributed by atoms with Crippen LogP contribution in [-0.2, 0) is 27.0 Å². The van der Waals surface area contributed by atoms with E-state index in [-0.39, 0.29) is 36.8 Å². The van der Waals surface area contributed by atoms with Crippen molar-refractivity contribution in [1.29, 1.82) is 0 Å². The van der Waals surface area contributed by atoms with Crippen molar-refractivity contribution in [3.63, 3.8) is 0 Å². The Morgan fingerprint density at radius 3 is 2.74 bits per heavy atom. The molecular weight excluding hydrogens is 469 g/mol. The maximum absolute atomic E-state index is 14.6. The van der Waals surface area contributed by atoms with Gasteiger partial charge in [-0.25, -0.2) is 4.39 Å². The summed E-state index contributed by atoms with van der Waals surface area (Å²) in [6, 6.07) is 3.20. The SMILES string of the molecule is CC.Cc1cc(CN2CCOc3cc(Cl)c(F)c(/C(N)=N/[N-]N)c32)no1.[Pd]. The molecule has 3 rings (SSSR count). The van der Waals surface area contributed by atoms with Gasteiger partial charge in [-0.1, -0.05) is 30.6 Å². The summed E-state index contributed by atoms with van der Waals surface area (Å²) >= 11 is 5.93. The van der Waals surface area contributed by atoms with Crippen molar-refractivity contribution in [1.82, 2.24) is 5.16 Å². The number of rotatable bonds is 4. The molecule has 1 aromatic heterocycles. The van der Waals surface area contributed by atoms with E-state index in [0.29, 0.717) is 42.6 Å². The van der Waals surface area contributed by atoms with Crippen molar-refractivity contribution in [2.24, 2.45) is 16.7 Å². The number of nitrogens with two attached hydrogens (primary N) is 2. The summed E-state index contributed by atoms with van der Waals surface area (Å²) in [7, 11) is 0. The fourth-order valence-electron chi connectivity index (χ4n) is 2.59. The van der Waals surface area contributed by atoms with Gasteiger partial charge in [0.2, 0.25) is 0 Å². The quantitative estimate of drug-likeness (QED) is 0.224. The van der Waals surface area contributed by atoms with Gasteiger partial charge in [-0.3, -0.25) is 0 Å². The molecular formula is C16H21ClFN6O2Pd-. The molecule has 0 spiro atoms. The average molecular weight is 490 g/mol. The van der Waals surface area contributed by atoms with Crippen LogP contribution in [0.5, 0.6) is 5.75 Å². The van der Waals surface area contributed by atoms with Gasteiger partial charge in [-0.05, 0) is 6.92 Å². The molecule has 0 radical (unpaired) electrons. The summed E-state index contributed by atoms with van der Waals surface area (Å²) in [6.45, 7) is 7.08. The Hall–Kier alpha value is -1.86. The molecule has 0 bridgehead atoms. The van der Waals surface area contributed by atoms with Gasteiger partial charge in [0, 0.05) is 32.6 Å². The van der Waals surface area contributed by atoms with Gasteiger partial charge < -0.3 is 36.4 Å². The molecule has 2 heterocycles. The normalized spacial score (nSPS) is 13.0. The zero-order chi connectivity index (χ0) is 19.3. The molecule has 1 aliphatic heterocycles. The monoisotopic (exact) mass is 489 g/mol. The van der Waals surface area contributed by atoms with E-state index in [4.69, 9.17) is 32.4 Å². The van der Waals surface area contributed by atoms with Crippen LogP contribution in [0.2, 0.25) is 5.02 Å². The molecule has 8 nitrogen and oxygen atoms in total. The molecule has 0 saturated heterocycles. The standard InChI is InChI=1S/C14H15ClFN6O2.C2H6.Pd/c1-7-4-8(20-24-7)6-22-2-3-23-10-5-9(15)12(16)11(13(10)22)14(17)19-21-18;1-2;/h4-5H,2-3,6,18H2,1H3,(H2,17,19);1-2H3;/q-1;;. The Bertz CT molecular complexity index is 801. The van der Waals surface area contributed by atoms with Crippen molar-refractivity contribution < 1.29 is 34.1 Å². The molecule has 152 valence electrons. The van der Waals surface area contributed by atoms with Crippen LogP contribution in [0.4, 0.5) is 10.1 Å². The Labute approximate surface area is 175 Å². The molecule has 4 N–H and O–H groups in total. The van der Waals surface area contributed by atoms with Crippen molar-refractivity contribution in [3.8, 4) is 5.75 Å². The van der Waals surface area contributed by atoms with Crippen molar-refractivity contribution in [2.45, 2.75) is 27.3 Å². The summed E-state index contributed by atoms with van der Waals surface area (Å²) in [5, 5.41) is 7.36. The Balaban J connectivity index is 0.00000118. The minimum atomic E-state index is -0.716. The minimum Gasteiger partial charge on any atom is -0.541 e. The molecule has 1 aliphatic rings. The molecule has 27 heavy (non-hydrogen) atoms. The number of hydrogen-bond donors (Lipinski definition) is 2. The maximum Gasteiger partial charge on any atom is 0.155 e. The molecule has 11 heteroatoms. The number of fused-ring (bicyclic) bond motifs is 1. The number of hydrogen-bond acceptors (Lipinski definition) is 6. The van der Waals surface area contributed by atoms with E-state index in [9.17, 15) is 4.39 Å². The van der Waals surface area contributed by atoms with Gasteiger partial charge in [0.15, 0.2) is 5.82 Å². The summed E-state index contributed by atoms with van der Waals surface area (Å²) in [5.74, 6) is 5.20. The number of anilines is 1. The fraction of sp³-hybridized carbons (Fsp3) is 0.375. The minimum absolute atomic E-state index is 0. The van der Waals surface area contributed by atoms with E-state index in [0.717, 1.165) is 0 Å². The first-order chi connectivity index (χ1) is 12.5. The maximum atomic E-state index is 14.6. The smallest absolute Gasteiger partial charge is 0.155 e. The molecule has 2 aromatic rings.